The van der Waals surface area contributed by atoms with Gasteiger partial charge in [0.1, 0.15) is 5.52 Å². The number of fused-ring (bicyclic) bond motifs is 1. The Kier molecular flexibility index (Phi) is 3.30. The molecule has 0 radical (unpaired) electrons. The van der Waals surface area contributed by atoms with E-state index in [1.54, 1.807) is 6.07 Å². The van der Waals surface area contributed by atoms with Crippen molar-refractivity contribution >= 4 is 22.8 Å². The topological polar surface area (TPSA) is 81.2 Å². The van der Waals surface area contributed by atoms with E-state index in [2.05, 4.69) is 17.2 Å². The predicted octanol–water partition coefficient (Wildman–Crippen LogP) is 3.73. The molecule has 106 valence electrons. The number of oxazole rings is 1. The second kappa shape index (κ2) is 5.11. The van der Waals surface area contributed by atoms with E-state index in [9.17, 15) is 10.1 Å². The summed E-state index contributed by atoms with van der Waals surface area (Å²) < 4.78 is 5.57. The fourth-order valence-electron chi connectivity index (χ4n) is 2.35. The van der Waals surface area contributed by atoms with E-state index in [4.69, 9.17) is 4.42 Å². The number of nitrogens with zero attached hydrogens (tertiary/aromatic N) is 2. The third-order valence-corrected chi connectivity index (χ3v) is 3.72. The molecule has 0 saturated heterocycles. The van der Waals surface area contributed by atoms with Crippen LogP contribution in [0.1, 0.15) is 32.6 Å². The fourth-order valence-corrected chi connectivity index (χ4v) is 2.35. The smallest absolute Gasteiger partial charge is 0.295 e. The normalized spacial score (nSPS) is 16.2. The molecule has 0 aliphatic heterocycles. The quantitative estimate of drug-likeness (QED) is 0.641. The van der Waals surface area contributed by atoms with Crippen LogP contribution in [0.2, 0.25) is 0 Å². The van der Waals surface area contributed by atoms with Gasteiger partial charge in [-0.15, -0.1) is 0 Å². The van der Waals surface area contributed by atoms with E-state index in [0.717, 1.165) is 18.8 Å². The number of hydrogen-bond donors (Lipinski definition) is 1. The zero-order valence-electron chi connectivity index (χ0n) is 11.3. The number of rotatable bonds is 6. The minimum absolute atomic E-state index is 0.0187. The van der Waals surface area contributed by atoms with Crippen molar-refractivity contribution in [2.24, 2.45) is 5.92 Å². The second-order valence-electron chi connectivity index (χ2n) is 5.36. The molecule has 1 saturated carbocycles. The number of anilines is 1. The monoisotopic (exact) mass is 275 g/mol. The van der Waals surface area contributed by atoms with E-state index in [0.29, 0.717) is 23.2 Å². The average Bonchev–Trinajstić information content (AvgIpc) is 3.15. The molecule has 0 amide bonds. The molecule has 1 heterocycles. The number of non-ortho nitro benzene ring substituents is 1. The predicted molar refractivity (Wildman–Crippen MR) is 75.7 cm³/mol. The molecule has 6 nitrogen and oxygen atoms in total. The van der Waals surface area contributed by atoms with Gasteiger partial charge in [0.05, 0.1) is 11.0 Å². The molecule has 2 aromatic rings. The molecule has 1 N–H and O–H groups in total. The summed E-state index contributed by atoms with van der Waals surface area (Å²) in [4.78, 5) is 14.6. The van der Waals surface area contributed by atoms with Crippen LogP contribution in [0.15, 0.2) is 22.6 Å². The summed E-state index contributed by atoms with van der Waals surface area (Å²) >= 11 is 0. The Balaban J connectivity index is 1.78. The second-order valence-corrected chi connectivity index (χ2v) is 5.36. The third-order valence-electron chi connectivity index (χ3n) is 3.72. The van der Waals surface area contributed by atoms with Crippen LogP contribution in [-0.4, -0.2) is 15.9 Å². The lowest BCUT2D eigenvalue weighted by Gasteiger charge is -2.14. The minimum Gasteiger partial charge on any atom is -0.423 e. The molecular formula is C14H17N3O3. The molecule has 3 rings (SSSR count). The summed E-state index contributed by atoms with van der Waals surface area (Å²) in [5.41, 5.74) is 1.10. The Labute approximate surface area is 116 Å². The molecule has 1 aromatic carbocycles. The fraction of sp³-hybridized carbons (Fsp3) is 0.500. The van der Waals surface area contributed by atoms with Crippen molar-refractivity contribution in [2.45, 2.75) is 38.6 Å². The summed E-state index contributed by atoms with van der Waals surface area (Å²) in [6.45, 7) is 2.13. The first-order chi connectivity index (χ1) is 9.65. The first-order valence-electron chi connectivity index (χ1n) is 6.97. The molecule has 1 unspecified atom stereocenters. The molecule has 20 heavy (non-hydrogen) atoms. The van der Waals surface area contributed by atoms with Crippen LogP contribution < -0.4 is 5.32 Å². The van der Waals surface area contributed by atoms with Gasteiger partial charge < -0.3 is 9.73 Å². The van der Waals surface area contributed by atoms with Gasteiger partial charge >= 0.3 is 0 Å². The first-order valence-corrected chi connectivity index (χ1v) is 6.97. The van der Waals surface area contributed by atoms with Gasteiger partial charge in [0.2, 0.25) is 0 Å². The Morgan fingerprint density at radius 3 is 3.00 bits per heavy atom. The third kappa shape index (κ3) is 2.74. The SMILES string of the molecule is CCC(CC1CC1)Nc1nc2ccc([N+](=O)[O-])cc2o1. The molecule has 1 aliphatic rings. The molecule has 0 bridgehead atoms. The lowest BCUT2D eigenvalue weighted by Crippen LogP contribution is -2.19. The van der Waals surface area contributed by atoms with Crippen LogP contribution in [0.25, 0.3) is 11.1 Å². The largest absolute Gasteiger partial charge is 0.423 e. The highest BCUT2D eigenvalue weighted by Crippen LogP contribution is 2.35. The summed E-state index contributed by atoms with van der Waals surface area (Å²) in [5, 5.41) is 14.0. The van der Waals surface area contributed by atoms with Crippen LogP contribution in [0, 0.1) is 16.0 Å². The van der Waals surface area contributed by atoms with Gasteiger partial charge in [-0.05, 0) is 24.8 Å². The minimum atomic E-state index is -0.434. The van der Waals surface area contributed by atoms with Crippen molar-refractivity contribution in [3.8, 4) is 0 Å². The average molecular weight is 275 g/mol. The number of nitro benzene ring substituents is 1. The van der Waals surface area contributed by atoms with Crippen LogP contribution in [0.4, 0.5) is 11.7 Å². The standard InChI is InChI=1S/C14H17N3O3/c1-2-10(7-9-3-4-9)15-14-16-12-6-5-11(17(18)19)8-13(12)20-14/h5-6,8-10H,2-4,7H2,1H3,(H,15,16). The molecule has 6 heteroatoms. The molecular weight excluding hydrogens is 258 g/mol. The van der Waals surface area contributed by atoms with Gasteiger partial charge in [-0.25, -0.2) is 0 Å². The van der Waals surface area contributed by atoms with Crippen molar-refractivity contribution in [1.29, 1.82) is 0 Å². The van der Waals surface area contributed by atoms with Gasteiger partial charge in [-0.3, -0.25) is 10.1 Å². The summed E-state index contributed by atoms with van der Waals surface area (Å²) in [5.74, 6) is 0.831. The molecule has 0 spiro atoms. The van der Waals surface area contributed by atoms with Gasteiger partial charge in [0.15, 0.2) is 5.58 Å². The number of nitrogens with one attached hydrogen (secondary N) is 1. The first kappa shape index (κ1) is 12.9. The maximum absolute atomic E-state index is 10.7. The van der Waals surface area contributed by atoms with E-state index >= 15 is 0 Å². The highest BCUT2D eigenvalue weighted by Gasteiger charge is 2.25. The maximum atomic E-state index is 10.7. The molecule has 1 aliphatic carbocycles. The molecule has 1 fully saturated rings. The zero-order valence-corrected chi connectivity index (χ0v) is 11.3. The lowest BCUT2D eigenvalue weighted by molar-refractivity contribution is -0.384. The highest BCUT2D eigenvalue weighted by molar-refractivity contribution is 5.77. The zero-order chi connectivity index (χ0) is 14.1. The van der Waals surface area contributed by atoms with Crippen LogP contribution in [-0.2, 0) is 0 Å². The van der Waals surface area contributed by atoms with Gasteiger partial charge in [0, 0.05) is 12.1 Å². The van der Waals surface area contributed by atoms with Crippen LogP contribution in [0.3, 0.4) is 0 Å². The summed E-state index contributed by atoms with van der Waals surface area (Å²) in [6, 6.07) is 5.27. The Morgan fingerprint density at radius 1 is 1.55 bits per heavy atom. The van der Waals surface area contributed by atoms with Crippen molar-refractivity contribution in [2.75, 3.05) is 5.32 Å². The van der Waals surface area contributed by atoms with E-state index < -0.39 is 4.92 Å². The van der Waals surface area contributed by atoms with Crippen molar-refractivity contribution in [1.82, 2.24) is 4.98 Å². The Hall–Kier alpha value is -2.11. The van der Waals surface area contributed by atoms with Crippen molar-refractivity contribution in [3.05, 3.63) is 28.3 Å². The van der Waals surface area contributed by atoms with Gasteiger partial charge in [-0.1, -0.05) is 19.8 Å². The lowest BCUT2D eigenvalue weighted by atomic mass is 10.1. The Morgan fingerprint density at radius 2 is 2.35 bits per heavy atom. The number of nitro groups is 1. The van der Waals surface area contributed by atoms with E-state index in [1.165, 1.54) is 25.0 Å². The number of aromatic nitrogens is 1. The van der Waals surface area contributed by atoms with E-state index in [-0.39, 0.29) is 5.69 Å². The maximum Gasteiger partial charge on any atom is 0.295 e. The molecule has 1 atom stereocenters. The molecule has 1 aromatic heterocycles. The number of hydrogen-bond acceptors (Lipinski definition) is 5. The van der Waals surface area contributed by atoms with Crippen molar-refractivity contribution in [3.63, 3.8) is 0 Å². The van der Waals surface area contributed by atoms with Gasteiger partial charge in [0.25, 0.3) is 11.7 Å². The number of benzene rings is 1. The summed E-state index contributed by atoms with van der Waals surface area (Å²) in [6.07, 6.45) is 4.78. The summed E-state index contributed by atoms with van der Waals surface area (Å²) in [7, 11) is 0. The highest BCUT2D eigenvalue weighted by atomic mass is 16.6. The van der Waals surface area contributed by atoms with Crippen LogP contribution in [0.5, 0.6) is 0 Å². The van der Waals surface area contributed by atoms with E-state index in [1.807, 2.05) is 0 Å². The van der Waals surface area contributed by atoms with Crippen LogP contribution >= 0.6 is 0 Å². The Bertz CT molecular complexity index is 634. The van der Waals surface area contributed by atoms with Gasteiger partial charge in [-0.2, -0.15) is 4.98 Å². The van der Waals surface area contributed by atoms with Crippen molar-refractivity contribution < 1.29 is 9.34 Å².